The molecule has 0 aromatic heterocycles. The zero-order valence-corrected chi connectivity index (χ0v) is 9.31. The first-order valence-corrected chi connectivity index (χ1v) is 5.45. The van der Waals surface area contributed by atoms with Crippen molar-refractivity contribution in [3.05, 3.63) is 24.0 Å². The van der Waals surface area contributed by atoms with Crippen LogP contribution < -0.4 is 5.32 Å². The van der Waals surface area contributed by atoms with Gasteiger partial charge in [0.25, 0.3) is 0 Å². The molecule has 0 atom stereocenters. The zero-order valence-electron chi connectivity index (χ0n) is 9.31. The summed E-state index contributed by atoms with van der Waals surface area (Å²) >= 11 is 0. The summed E-state index contributed by atoms with van der Waals surface area (Å²) in [5.74, 6) is 1.07. The van der Waals surface area contributed by atoms with Crippen LogP contribution in [0.2, 0.25) is 0 Å². The number of nitrogens with one attached hydrogen (secondary N) is 1. The van der Waals surface area contributed by atoms with Crippen LogP contribution in [0.25, 0.3) is 0 Å². The summed E-state index contributed by atoms with van der Waals surface area (Å²) in [6, 6.07) is 0. The number of hydrogen-bond donors (Lipinski definition) is 1. The van der Waals surface area contributed by atoms with Crippen LogP contribution in [0.15, 0.2) is 24.0 Å². The lowest BCUT2D eigenvalue weighted by Gasteiger charge is -2.25. The highest BCUT2D eigenvalue weighted by Crippen LogP contribution is 2.15. The van der Waals surface area contributed by atoms with E-state index in [2.05, 4.69) is 18.8 Å². The van der Waals surface area contributed by atoms with Crippen molar-refractivity contribution < 1.29 is 4.74 Å². The van der Waals surface area contributed by atoms with E-state index in [4.69, 9.17) is 4.74 Å². The highest BCUT2D eigenvalue weighted by atomic mass is 16.5. The molecule has 0 unspecified atom stereocenters. The monoisotopic (exact) mass is 195 g/mol. The molecular formula is C12H21NO. The molecule has 80 valence electrons. The minimum absolute atomic E-state index is 0.404. The van der Waals surface area contributed by atoms with E-state index in [0.717, 1.165) is 43.7 Å². The Morgan fingerprint density at radius 1 is 1.50 bits per heavy atom. The lowest BCUT2D eigenvalue weighted by molar-refractivity contribution is 0.0837. The maximum absolute atomic E-state index is 5.91. The van der Waals surface area contributed by atoms with Crippen LogP contribution >= 0.6 is 0 Å². The van der Waals surface area contributed by atoms with Gasteiger partial charge in [-0.15, -0.1) is 0 Å². The molecule has 1 N–H and O–H groups in total. The molecule has 0 radical (unpaired) electrons. The topological polar surface area (TPSA) is 21.3 Å². The lowest BCUT2D eigenvalue weighted by atomic mass is 10.1. The van der Waals surface area contributed by atoms with Crippen molar-refractivity contribution in [1.82, 2.24) is 5.32 Å². The molecule has 14 heavy (non-hydrogen) atoms. The molecule has 0 aromatic rings. The van der Waals surface area contributed by atoms with Crippen LogP contribution in [0.4, 0.5) is 0 Å². The summed E-state index contributed by atoms with van der Waals surface area (Å²) in [4.78, 5) is 0. The van der Waals surface area contributed by atoms with Gasteiger partial charge in [0, 0.05) is 6.42 Å². The molecule has 1 fully saturated rings. The third-order valence-corrected chi connectivity index (χ3v) is 2.36. The predicted octanol–water partition coefficient (Wildman–Crippen LogP) is 2.63. The first-order valence-electron chi connectivity index (χ1n) is 5.45. The SMILES string of the molecule is C=C(C)/C=C(\CC)OC1CCNCC1. The van der Waals surface area contributed by atoms with Gasteiger partial charge in [0.15, 0.2) is 0 Å². The average Bonchev–Trinajstić information content (AvgIpc) is 2.17. The summed E-state index contributed by atoms with van der Waals surface area (Å²) in [6.45, 7) is 10.1. The van der Waals surface area contributed by atoms with E-state index in [1.54, 1.807) is 0 Å². The predicted molar refractivity (Wildman–Crippen MR) is 60.2 cm³/mol. The van der Waals surface area contributed by atoms with Crippen LogP contribution in [0, 0.1) is 0 Å². The van der Waals surface area contributed by atoms with Crippen LogP contribution in [-0.4, -0.2) is 19.2 Å². The van der Waals surface area contributed by atoms with E-state index in [0.29, 0.717) is 6.10 Å². The Bertz CT molecular complexity index is 214. The van der Waals surface area contributed by atoms with E-state index in [-0.39, 0.29) is 0 Å². The normalized spacial score (nSPS) is 19.4. The second-order valence-corrected chi connectivity index (χ2v) is 3.88. The van der Waals surface area contributed by atoms with E-state index in [1.165, 1.54) is 0 Å². The Morgan fingerprint density at radius 3 is 2.64 bits per heavy atom. The molecule has 1 aliphatic heterocycles. The Morgan fingerprint density at radius 2 is 2.14 bits per heavy atom. The van der Waals surface area contributed by atoms with Crippen molar-refractivity contribution in [2.45, 2.75) is 39.2 Å². The largest absolute Gasteiger partial charge is 0.495 e. The molecular weight excluding hydrogens is 174 g/mol. The van der Waals surface area contributed by atoms with Crippen molar-refractivity contribution >= 4 is 0 Å². The fourth-order valence-electron chi connectivity index (χ4n) is 1.62. The van der Waals surface area contributed by atoms with E-state index < -0.39 is 0 Å². The molecule has 0 aliphatic carbocycles. The van der Waals surface area contributed by atoms with Gasteiger partial charge >= 0.3 is 0 Å². The highest BCUT2D eigenvalue weighted by molar-refractivity contribution is 5.14. The zero-order chi connectivity index (χ0) is 10.4. The van der Waals surface area contributed by atoms with Gasteiger partial charge in [-0.25, -0.2) is 0 Å². The molecule has 1 aliphatic rings. The van der Waals surface area contributed by atoms with Crippen LogP contribution in [-0.2, 0) is 4.74 Å². The van der Waals surface area contributed by atoms with Gasteiger partial charge in [-0.2, -0.15) is 0 Å². The van der Waals surface area contributed by atoms with Gasteiger partial charge < -0.3 is 10.1 Å². The van der Waals surface area contributed by atoms with E-state index in [9.17, 15) is 0 Å². The first kappa shape index (κ1) is 11.3. The van der Waals surface area contributed by atoms with E-state index in [1.807, 2.05) is 13.0 Å². The maximum Gasteiger partial charge on any atom is 0.101 e. The van der Waals surface area contributed by atoms with Crippen molar-refractivity contribution in [2.24, 2.45) is 0 Å². The van der Waals surface area contributed by atoms with Crippen LogP contribution in [0.3, 0.4) is 0 Å². The molecule has 0 spiro atoms. The van der Waals surface area contributed by atoms with Crippen molar-refractivity contribution in [3.63, 3.8) is 0 Å². The summed E-state index contributed by atoms with van der Waals surface area (Å²) in [5.41, 5.74) is 1.07. The number of hydrogen-bond acceptors (Lipinski definition) is 2. The van der Waals surface area contributed by atoms with Gasteiger partial charge in [-0.05, 0) is 38.9 Å². The third kappa shape index (κ3) is 3.97. The summed E-state index contributed by atoms with van der Waals surface area (Å²) in [5, 5.41) is 3.33. The van der Waals surface area contributed by atoms with Gasteiger partial charge in [0.1, 0.15) is 6.10 Å². The van der Waals surface area contributed by atoms with Gasteiger partial charge in [-0.1, -0.05) is 19.1 Å². The van der Waals surface area contributed by atoms with Gasteiger partial charge in [0.2, 0.25) is 0 Å². The minimum atomic E-state index is 0.404. The summed E-state index contributed by atoms with van der Waals surface area (Å²) in [6.07, 6.45) is 5.64. The second kappa shape index (κ2) is 5.86. The van der Waals surface area contributed by atoms with Crippen molar-refractivity contribution in [2.75, 3.05) is 13.1 Å². The summed E-state index contributed by atoms with van der Waals surface area (Å²) in [7, 11) is 0. The van der Waals surface area contributed by atoms with E-state index >= 15 is 0 Å². The Kier molecular flexibility index (Phi) is 4.74. The number of rotatable bonds is 4. The van der Waals surface area contributed by atoms with Gasteiger partial charge in [-0.3, -0.25) is 0 Å². The highest BCUT2D eigenvalue weighted by Gasteiger charge is 2.14. The minimum Gasteiger partial charge on any atom is -0.495 e. The van der Waals surface area contributed by atoms with Crippen molar-refractivity contribution in [3.8, 4) is 0 Å². The number of ether oxygens (including phenoxy) is 1. The molecule has 1 rings (SSSR count). The molecule has 1 saturated heterocycles. The smallest absolute Gasteiger partial charge is 0.101 e. The number of piperidine rings is 1. The third-order valence-electron chi connectivity index (χ3n) is 2.36. The standard InChI is InChI=1S/C12H21NO/c1-4-11(9-10(2)3)14-12-5-7-13-8-6-12/h9,12-13H,2,4-8H2,1,3H3/b11-9+. The Balaban J connectivity index is 2.42. The lowest BCUT2D eigenvalue weighted by Crippen LogP contribution is -2.32. The Labute approximate surface area is 87.0 Å². The maximum atomic E-state index is 5.91. The second-order valence-electron chi connectivity index (χ2n) is 3.88. The molecule has 1 heterocycles. The molecule has 0 amide bonds. The summed E-state index contributed by atoms with van der Waals surface area (Å²) < 4.78 is 5.91. The molecule has 2 nitrogen and oxygen atoms in total. The fourth-order valence-corrected chi connectivity index (χ4v) is 1.62. The molecule has 0 bridgehead atoms. The fraction of sp³-hybridized carbons (Fsp3) is 0.667. The quantitative estimate of drug-likeness (QED) is 0.550. The average molecular weight is 195 g/mol. The van der Waals surface area contributed by atoms with Gasteiger partial charge in [0.05, 0.1) is 5.76 Å². The first-order chi connectivity index (χ1) is 6.72. The van der Waals surface area contributed by atoms with Crippen molar-refractivity contribution in [1.29, 1.82) is 0 Å². The molecule has 2 heteroatoms. The molecule has 0 saturated carbocycles. The Hall–Kier alpha value is -0.760. The molecule has 0 aromatic carbocycles. The van der Waals surface area contributed by atoms with Crippen LogP contribution in [0.1, 0.15) is 33.1 Å². The number of allylic oxidation sites excluding steroid dienone is 3. The van der Waals surface area contributed by atoms with Crippen LogP contribution in [0.5, 0.6) is 0 Å².